The van der Waals surface area contributed by atoms with Crippen molar-refractivity contribution < 1.29 is 148 Å². The minimum absolute atomic E-state index is 0.563. The fraction of sp³-hybridized carbons (Fsp3) is 0.930. The first kappa shape index (κ1) is 62.5. The molecular weight excluding hydrogens is 1040 g/mol. The van der Waals surface area contributed by atoms with Crippen molar-refractivity contribution in [3.8, 4) is 0 Å². The monoisotopic (exact) mass is 1110 g/mol. The Bertz CT molecular complexity index is 1870. The van der Waals surface area contributed by atoms with Gasteiger partial charge in [-0.1, -0.05) is 0 Å². The molecule has 30 atom stereocenters. The van der Waals surface area contributed by atoms with Crippen molar-refractivity contribution in [2.75, 3.05) is 39.6 Å². The summed E-state index contributed by atoms with van der Waals surface area (Å²) in [5.74, 6) is -2.16. The summed E-state index contributed by atoms with van der Waals surface area (Å²) < 4.78 is 64.4. The lowest BCUT2D eigenvalue weighted by molar-refractivity contribution is -0.394. The molecule has 6 fully saturated rings. The summed E-state index contributed by atoms with van der Waals surface area (Å²) in [4.78, 5) is 36.9. The second-order valence-corrected chi connectivity index (χ2v) is 19.3. The van der Waals surface area contributed by atoms with Gasteiger partial charge in [-0.25, -0.2) is 0 Å². The third-order valence-electron chi connectivity index (χ3n) is 13.9. The smallest absolute Gasteiger partial charge is 0.217 e. The summed E-state index contributed by atoms with van der Waals surface area (Å²) in [7, 11) is 0. The Morgan fingerprint density at radius 2 is 0.737 bits per heavy atom. The van der Waals surface area contributed by atoms with E-state index in [1.54, 1.807) is 0 Å². The van der Waals surface area contributed by atoms with Crippen LogP contribution < -0.4 is 16.0 Å². The first-order valence-corrected chi connectivity index (χ1v) is 24.4. The predicted octanol–water partition coefficient (Wildman–Crippen LogP) is -12.6. The van der Waals surface area contributed by atoms with Gasteiger partial charge >= 0.3 is 0 Å². The third kappa shape index (κ3) is 13.7. The van der Waals surface area contributed by atoms with Gasteiger partial charge in [-0.05, 0) is 6.92 Å². The van der Waals surface area contributed by atoms with Crippen molar-refractivity contribution in [1.29, 1.82) is 0 Å². The summed E-state index contributed by atoms with van der Waals surface area (Å²) in [5, 5.41) is 181. The first-order chi connectivity index (χ1) is 35.9. The Morgan fingerprint density at radius 3 is 1.26 bits per heavy atom. The molecule has 0 spiro atoms. The minimum atomic E-state index is -2.32. The van der Waals surface area contributed by atoms with E-state index in [9.17, 15) is 96.1 Å². The van der Waals surface area contributed by atoms with E-state index in [2.05, 4.69) is 16.0 Å². The molecule has 6 aliphatic heterocycles. The van der Waals surface area contributed by atoms with Gasteiger partial charge in [0.25, 0.3) is 0 Å². The summed E-state index contributed by atoms with van der Waals surface area (Å²) >= 11 is 0. The molecular formula is C43H73N3O30. The topological polar surface area (TPSA) is 513 Å². The Labute approximate surface area is 432 Å². The van der Waals surface area contributed by atoms with Crippen molar-refractivity contribution in [1.82, 2.24) is 16.0 Å². The van der Waals surface area contributed by atoms with Crippen LogP contribution in [0.3, 0.4) is 0 Å². The number of rotatable bonds is 19. The molecule has 33 nitrogen and oxygen atoms in total. The first-order valence-electron chi connectivity index (χ1n) is 24.4. The van der Waals surface area contributed by atoms with Crippen LogP contribution in [-0.4, -0.2) is 323 Å². The molecule has 0 aromatic rings. The van der Waals surface area contributed by atoms with Crippen molar-refractivity contribution in [2.45, 2.75) is 212 Å². The van der Waals surface area contributed by atoms with Crippen molar-refractivity contribution in [3.63, 3.8) is 0 Å². The number of carbonyl (C=O) groups excluding carboxylic acids is 3. The summed E-state index contributed by atoms with van der Waals surface area (Å²) in [5.41, 5.74) is 0. The van der Waals surface area contributed by atoms with Crippen molar-refractivity contribution >= 4 is 17.7 Å². The number of aliphatic hydroxyl groups excluding tert-OH is 16. The van der Waals surface area contributed by atoms with Gasteiger partial charge in [0.2, 0.25) is 17.7 Å². The second kappa shape index (κ2) is 27.2. The SMILES string of the molecule is CC(=O)NC1[C@H](O[C@@H]2C(CO)O[C@@H](C)C(NC(C)=O)[C@H]2O)OC(CO)[C@@H](O[C@@H]2OC(CO[C@H]3OC(CO)[C@@H](O)C(O)[C@H]3O)[C@@H](O)C(O[C@H]3O[C@H](CO)[C@@H](O)C(O)C3O[C@@H]3OC(CO)[C@@H](O)C(O)[C@@H]3NC(C)=O)[C@H]2O)[C@@H]1O. The second-order valence-electron chi connectivity index (χ2n) is 19.3. The maximum absolute atomic E-state index is 12.7. The van der Waals surface area contributed by atoms with Crippen molar-refractivity contribution in [3.05, 3.63) is 0 Å². The van der Waals surface area contributed by atoms with Crippen molar-refractivity contribution in [2.24, 2.45) is 0 Å². The highest BCUT2D eigenvalue weighted by Crippen LogP contribution is 2.37. The fourth-order valence-electron chi connectivity index (χ4n) is 9.86. The summed E-state index contributed by atoms with van der Waals surface area (Å²) in [6.45, 7) is -0.761. The number of hydrogen-bond acceptors (Lipinski definition) is 30. The van der Waals surface area contributed by atoms with E-state index in [1.165, 1.54) is 13.8 Å². The number of ether oxygens (including phenoxy) is 11. The zero-order valence-corrected chi connectivity index (χ0v) is 41.4. The van der Waals surface area contributed by atoms with Crippen LogP contribution in [0.25, 0.3) is 0 Å². The lowest BCUT2D eigenvalue weighted by Crippen LogP contribution is -2.70. The Kier molecular flexibility index (Phi) is 22.4. The Hall–Kier alpha value is -2.67. The van der Waals surface area contributed by atoms with E-state index in [4.69, 9.17) is 52.1 Å². The zero-order chi connectivity index (χ0) is 56.2. The lowest BCUT2D eigenvalue weighted by Gasteiger charge is -2.51. The molecule has 3 amide bonds. The molecule has 0 aromatic heterocycles. The lowest BCUT2D eigenvalue weighted by atomic mass is 9.92. The standard InChI is InChI=1S/C43H73N3O30/c1-11-21(44-12(2)52)29(60)35(18(8-50)67-11)73-40-23(46-14(4)54)30(61)36(19(9-51)71-40)74-42-34(65)37(27(58)20(72-42)10-66-41-33(64)31(62)25(56)16(6-48)69-41)75-43-38(32(63)26(57)17(7-49)70-43)76-39-22(45-13(3)53)28(59)24(55)15(5-47)68-39/h11,15-43,47-51,55-65H,5-10H2,1-4H3,(H,44,52)(H,45,53)(H,46,54)/t11-,15?,16?,17+,18?,19?,20?,21?,22-,23?,24+,25+,26+,27+,28?,29+,30+,31?,32?,33+,34+,35+,36+,37?,38?,39-,40-,41-,42-,43+/m0/s1. The van der Waals surface area contributed by atoms with Gasteiger partial charge in [0.1, 0.15) is 140 Å². The zero-order valence-electron chi connectivity index (χ0n) is 41.4. The molecule has 0 radical (unpaired) electrons. The van der Waals surface area contributed by atoms with Gasteiger partial charge in [-0.15, -0.1) is 0 Å². The molecule has 6 rings (SSSR count). The highest BCUT2D eigenvalue weighted by Gasteiger charge is 2.58. The van der Waals surface area contributed by atoms with E-state index >= 15 is 0 Å². The van der Waals surface area contributed by atoms with Gasteiger partial charge in [0.05, 0.1) is 51.8 Å². The van der Waals surface area contributed by atoms with Crippen LogP contribution in [0.1, 0.15) is 27.7 Å². The van der Waals surface area contributed by atoms with Crippen LogP contribution in [-0.2, 0) is 66.5 Å². The molecule has 12 unspecified atom stereocenters. The number of carbonyl (C=O) groups is 3. The maximum atomic E-state index is 12.7. The van der Waals surface area contributed by atoms with E-state index in [0.717, 1.165) is 13.8 Å². The Balaban J connectivity index is 1.33. The maximum Gasteiger partial charge on any atom is 0.217 e. The minimum Gasteiger partial charge on any atom is -0.394 e. The van der Waals surface area contributed by atoms with Crippen LogP contribution in [0, 0.1) is 0 Å². The molecule has 6 saturated heterocycles. The number of amides is 3. The number of nitrogens with one attached hydrogen (secondary N) is 3. The third-order valence-corrected chi connectivity index (χ3v) is 13.9. The molecule has 0 aromatic carbocycles. The predicted molar refractivity (Wildman–Crippen MR) is 237 cm³/mol. The highest BCUT2D eigenvalue weighted by atomic mass is 16.8. The number of hydrogen-bond donors (Lipinski definition) is 19. The molecule has 19 N–H and O–H groups in total. The molecule has 76 heavy (non-hydrogen) atoms. The van der Waals surface area contributed by atoms with Crippen LogP contribution >= 0.6 is 0 Å². The van der Waals surface area contributed by atoms with Crippen LogP contribution in [0.4, 0.5) is 0 Å². The average molecular weight is 1110 g/mol. The summed E-state index contributed by atoms with van der Waals surface area (Å²) in [6, 6.07) is -4.47. The van der Waals surface area contributed by atoms with Gasteiger partial charge < -0.3 is 150 Å². The van der Waals surface area contributed by atoms with E-state index < -0.39 is 241 Å². The van der Waals surface area contributed by atoms with Gasteiger partial charge in [0, 0.05) is 20.8 Å². The van der Waals surface area contributed by atoms with Crippen LogP contribution in [0.15, 0.2) is 0 Å². The highest BCUT2D eigenvalue weighted by molar-refractivity contribution is 5.74. The van der Waals surface area contributed by atoms with E-state index in [1.807, 2.05) is 0 Å². The van der Waals surface area contributed by atoms with E-state index in [0.29, 0.717) is 0 Å². The summed E-state index contributed by atoms with van der Waals surface area (Å²) in [6.07, 6.45) is -49.9. The number of aliphatic hydroxyl groups is 16. The molecule has 0 aliphatic carbocycles. The average Bonchev–Trinajstić information content (AvgIpc) is 3.38. The molecule has 6 heterocycles. The van der Waals surface area contributed by atoms with Crippen LogP contribution in [0.2, 0.25) is 0 Å². The van der Waals surface area contributed by atoms with E-state index in [-0.39, 0.29) is 0 Å². The van der Waals surface area contributed by atoms with Gasteiger partial charge in [0.15, 0.2) is 31.5 Å². The normalized spacial score (nSPS) is 48.2. The molecule has 440 valence electrons. The van der Waals surface area contributed by atoms with Gasteiger partial charge in [-0.3, -0.25) is 14.4 Å². The largest absolute Gasteiger partial charge is 0.394 e. The quantitative estimate of drug-likeness (QED) is 0.0571. The molecule has 6 aliphatic rings. The van der Waals surface area contributed by atoms with Gasteiger partial charge in [-0.2, -0.15) is 0 Å². The molecule has 0 saturated carbocycles. The van der Waals surface area contributed by atoms with Crippen LogP contribution in [0.5, 0.6) is 0 Å². The Morgan fingerprint density at radius 1 is 0.355 bits per heavy atom. The fourth-order valence-corrected chi connectivity index (χ4v) is 9.86. The molecule has 0 bridgehead atoms. The molecule has 33 heteroatoms.